The van der Waals surface area contributed by atoms with E-state index in [-0.39, 0.29) is 6.61 Å². The molecule has 0 saturated carbocycles. The Morgan fingerprint density at radius 2 is 1.62 bits per heavy atom. The van der Waals surface area contributed by atoms with Crippen LogP contribution in [0.15, 0.2) is 12.1 Å². The zero-order valence-corrected chi connectivity index (χ0v) is 9.74. The van der Waals surface area contributed by atoms with Crippen LogP contribution in [0.2, 0.25) is 0 Å². The van der Waals surface area contributed by atoms with Gasteiger partial charge in [0.25, 0.3) is 0 Å². The first-order valence-corrected chi connectivity index (χ1v) is 4.91. The van der Waals surface area contributed by atoms with Gasteiger partial charge in [0.2, 0.25) is 0 Å². The zero-order chi connectivity index (χ0) is 12.0. The van der Waals surface area contributed by atoms with Gasteiger partial charge in [0, 0.05) is 18.7 Å². The molecule has 1 aromatic carbocycles. The Morgan fingerprint density at radius 1 is 1.06 bits per heavy atom. The molecule has 0 atom stereocenters. The van der Waals surface area contributed by atoms with E-state index in [9.17, 15) is 0 Å². The smallest absolute Gasteiger partial charge is 0.149 e. The van der Waals surface area contributed by atoms with Crippen LogP contribution in [0, 0.1) is 0 Å². The number of ether oxygens (including phenoxy) is 3. The topological polar surface area (TPSA) is 60.0 Å². The summed E-state index contributed by atoms with van der Waals surface area (Å²) in [6, 6.07) is 3.50. The van der Waals surface area contributed by atoms with Crippen LogP contribution in [0.1, 0.15) is 0 Å². The van der Waals surface area contributed by atoms with Gasteiger partial charge in [0.05, 0.1) is 27.9 Å². The lowest BCUT2D eigenvalue weighted by atomic mass is 10.2. The van der Waals surface area contributed by atoms with Crippen LogP contribution in [0.5, 0.6) is 17.2 Å². The summed E-state index contributed by atoms with van der Waals surface area (Å²) in [6.45, 7) is 0.470. The molecule has 0 spiro atoms. The van der Waals surface area contributed by atoms with E-state index in [1.54, 1.807) is 33.5 Å². The number of hydrogen-bond acceptors (Lipinski definition) is 5. The van der Waals surface area contributed by atoms with Crippen molar-refractivity contribution in [2.75, 3.05) is 39.8 Å². The molecule has 0 fully saturated rings. The number of hydrogen-bond donors (Lipinski definition) is 2. The molecule has 16 heavy (non-hydrogen) atoms. The van der Waals surface area contributed by atoms with Gasteiger partial charge in [-0.15, -0.1) is 0 Å². The minimum absolute atomic E-state index is 0.0400. The Labute approximate surface area is 94.9 Å². The number of methoxy groups -OCH3 is 3. The number of rotatable bonds is 6. The first kappa shape index (κ1) is 12.4. The van der Waals surface area contributed by atoms with Crippen molar-refractivity contribution in [3.05, 3.63) is 12.1 Å². The van der Waals surface area contributed by atoms with Crippen molar-refractivity contribution < 1.29 is 19.3 Å². The minimum atomic E-state index is 0.0400. The molecule has 0 aliphatic heterocycles. The highest BCUT2D eigenvalue weighted by Crippen LogP contribution is 2.38. The third kappa shape index (κ3) is 2.70. The molecule has 0 unspecified atom stereocenters. The minimum Gasteiger partial charge on any atom is -0.496 e. The third-order valence-corrected chi connectivity index (χ3v) is 2.13. The van der Waals surface area contributed by atoms with E-state index >= 15 is 0 Å². The van der Waals surface area contributed by atoms with Crippen molar-refractivity contribution in [3.8, 4) is 17.2 Å². The second-order valence-electron chi connectivity index (χ2n) is 3.06. The summed E-state index contributed by atoms with van der Waals surface area (Å²) in [7, 11) is 4.71. The fourth-order valence-corrected chi connectivity index (χ4v) is 1.36. The van der Waals surface area contributed by atoms with Gasteiger partial charge in [-0.1, -0.05) is 0 Å². The molecule has 1 aromatic rings. The Hall–Kier alpha value is -1.62. The van der Waals surface area contributed by atoms with Gasteiger partial charge >= 0.3 is 0 Å². The number of benzene rings is 1. The normalized spacial score (nSPS) is 9.75. The summed E-state index contributed by atoms with van der Waals surface area (Å²) in [5.41, 5.74) is 0.708. The molecule has 5 heteroatoms. The molecule has 5 nitrogen and oxygen atoms in total. The molecule has 0 saturated heterocycles. The molecule has 90 valence electrons. The Balaban J connectivity index is 3.09. The third-order valence-electron chi connectivity index (χ3n) is 2.13. The lowest BCUT2D eigenvalue weighted by Gasteiger charge is -2.15. The maximum absolute atomic E-state index is 8.79. The Bertz CT molecular complexity index is 316. The molecule has 0 heterocycles. The van der Waals surface area contributed by atoms with Gasteiger partial charge in [-0.25, -0.2) is 0 Å². The van der Waals surface area contributed by atoms with Crippen molar-refractivity contribution in [1.82, 2.24) is 0 Å². The van der Waals surface area contributed by atoms with Crippen LogP contribution in [0.4, 0.5) is 5.69 Å². The van der Waals surface area contributed by atoms with Crippen LogP contribution >= 0.6 is 0 Å². The van der Waals surface area contributed by atoms with Gasteiger partial charge in [-0.3, -0.25) is 0 Å². The second kappa shape index (κ2) is 6.07. The standard InChI is InChI=1S/C11H17NO4/c1-14-8-6-9(15-2)11(12-4-5-13)10(7-8)16-3/h6-7,12-13H,4-5H2,1-3H3. The SMILES string of the molecule is COc1cc(OC)c(NCCO)c(OC)c1. The van der Waals surface area contributed by atoms with Crippen molar-refractivity contribution in [2.24, 2.45) is 0 Å². The summed E-state index contributed by atoms with van der Waals surface area (Å²) in [5, 5.41) is 11.8. The second-order valence-corrected chi connectivity index (χ2v) is 3.06. The van der Waals surface area contributed by atoms with Gasteiger partial charge in [0.15, 0.2) is 0 Å². The van der Waals surface area contributed by atoms with Crippen LogP contribution < -0.4 is 19.5 Å². The first-order valence-electron chi connectivity index (χ1n) is 4.91. The molecular weight excluding hydrogens is 210 g/mol. The molecule has 0 radical (unpaired) electrons. The van der Waals surface area contributed by atoms with E-state index in [0.29, 0.717) is 29.5 Å². The summed E-state index contributed by atoms with van der Waals surface area (Å²) >= 11 is 0. The van der Waals surface area contributed by atoms with Crippen LogP contribution in [-0.4, -0.2) is 39.6 Å². The average molecular weight is 227 g/mol. The van der Waals surface area contributed by atoms with Crippen LogP contribution in [0.3, 0.4) is 0 Å². The number of nitrogens with one attached hydrogen (secondary N) is 1. The summed E-state index contributed by atoms with van der Waals surface area (Å²) < 4.78 is 15.6. The molecule has 0 bridgehead atoms. The molecule has 1 rings (SSSR count). The number of aliphatic hydroxyl groups excluding tert-OH is 1. The molecule has 2 N–H and O–H groups in total. The molecular formula is C11H17NO4. The number of aliphatic hydroxyl groups is 1. The van der Waals surface area contributed by atoms with Crippen LogP contribution in [0.25, 0.3) is 0 Å². The largest absolute Gasteiger partial charge is 0.496 e. The van der Waals surface area contributed by atoms with E-state index in [1.165, 1.54) is 0 Å². The summed E-state index contributed by atoms with van der Waals surface area (Å²) in [6.07, 6.45) is 0. The van der Waals surface area contributed by atoms with E-state index in [1.807, 2.05) is 0 Å². The monoisotopic (exact) mass is 227 g/mol. The maximum Gasteiger partial charge on any atom is 0.149 e. The van der Waals surface area contributed by atoms with Crippen molar-refractivity contribution in [1.29, 1.82) is 0 Å². The quantitative estimate of drug-likeness (QED) is 0.762. The maximum atomic E-state index is 8.79. The summed E-state index contributed by atoms with van der Waals surface area (Å²) in [5.74, 6) is 1.89. The van der Waals surface area contributed by atoms with Gasteiger partial charge < -0.3 is 24.6 Å². The molecule has 0 aromatic heterocycles. The van der Waals surface area contributed by atoms with Gasteiger partial charge in [-0.2, -0.15) is 0 Å². The zero-order valence-electron chi connectivity index (χ0n) is 9.74. The van der Waals surface area contributed by atoms with Crippen molar-refractivity contribution >= 4 is 5.69 Å². The van der Waals surface area contributed by atoms with Crippen molar-refractivity contribution in [2.45, 2.75) is 0 Å². The van der Waals surface area contributed by atoms with Crippen molar-refractivity contribution in [3.63, 3.8) is 0 Å². The Morgan fingerprint density at radius 3 is 2.00 bits per heavy atom. The van der Waals surface area contributed by atoms with Gasteiger partial charge in [0.1, 0.15) is 22.9 Å². The van der Waals surface area contributed by atoms with Crippen LogP contribution in [-0.2, 0) is 0 Å². The van der Waals surface area contributed by atoms with E-state index in [2.05, 4.69) is 5.32 Å². The first-order chi connectivity index (χ1) is 7.76. The fourth-order valence-electron chi connectivity index (χ4n) is 1.36. The Kier molecular flexibility index (Phi) is 4.72. The lowest BCUT2D eigenvalue weighted by Crippen LogP contribution is -2.08. The molecule has 0 aliphatic carbocycles. The highest BCUT2D eigenvalue weighted by atomic mass is 16.5. The predicted octanol–water partition coefficient (Wildman–Crippen LogP) is 1.12. The number of anilines is 1. The van der Waals surface area contributed by atoms with E-state index < -0.39 is 0 Å². The highest BCUT2D eigenvalue weighted by Gasteiger charge is 2.12. The fraction of sp³-hybridized carbons (Fsp3) is 0.455. The van der Waals surface area contributed by atoms with E-state index in [4.69, 9.17) is 19.3 Å². The lowest BCUT2D eigenvalue weighted by molar-refractivity contribution is 0.310. The molecule has 0 amide bonds. The van der Waals surface area contributed by atoms with E-state index in [0.717, 1.165) is 0 Å². The van der Waals surface area contributed by atoms with Gasteiger partial charge in [-0.05, 0) is 0 Å². The highest BCUT2D eigenvalue weighted by molar-refractivity contribution is 5.68. The summed E-state index contributed by atoms with van der Waals surface area (Å²) in [4.78, 5) is 0. The average Bonchev–Trinajstić information content (AvgIpc) is 2.35. The molecule has 0 aliphatic rings. The predicted molar refractivity (Wildman–Crippen MR) is 61.7 cm³/mol.